The highest BCUT2D eigenvalue weighted by Crippen LogP contribution is 2.20. The molecule has 0 aliphatic heterocycles. The fourth-order valence-corrected chi connectivity index (χ4v) is 1.92. The molecule has 0 unspecified atom stereocenters. The first-order chi connectivity index (χ1) is 10.1. The molecule has 0 aromatic heterocycles. The Labute approximate surface area is 128 Å². The Kier molecular flexibility index (Phi) is 5.06. The fraction of sp³-hybridized carbons (Fsp3) is 0.188. The summed E-state index contributed by atoms with van der Waals surface area (Å²) in [5.41, 5.74) is 8.05. The summed E-state index contributed by atoms with van der Waals surface area (Å²) in [5, 5.41) is 3.48. The smallest absolute Gasteiger partial charge is 0.227 e. The molecule has 2 rings (SSSR count). The van der Waals surface area contributed by atoms with E-state index < -0.39 is 0 Å². The van der Waals surface area contributed by atoms with E-state index in [4.69, 9.17) is 22.1 Å². The summed E-state index contributed by atoms with van der Waals surface area (Å²) in [6, 6.07) is 12.4. The van der Waals surface area contributed by atoms with Gasteiger partial charge in [-0.05, 0) is 48.9 Å². The van der Waals surface area contributed by atoms with Crippen LogP contribution in [0, 0.1) is 6.92 Å². The Bertz CT molecular complexity index is 627. The highest BCUT2D eigenvalue weighted by molar-refractivity contribution is 6.30. The lowest BCUT2D eigenvalue weighted by atomic mass is 10.1. The number of nitrogens with two attached hydrogens (primary N) is 1. The molecule has 2 aromatic rings. The zero-order chi connectivity index (χ0) is 15.2. The zero-order valence-electron chi connectivity index (χ0n) is 11.7. The van der Waals surface area contributed by atoms with Crippen LogP contribution in [0.3, 0.4) is 0 Å². The summed E-state index contributed by atoms with van der Waals surface area (Å²) >= 11 is 5.78. The number of hydrogen-bond donors (Lipinski definition) is 2. The molecule has 2 aromatic carbocycles. The standard InChI is InChI=1S/C16H17ClN2O2/c1-11-14(18)3-2-4-15(11)19-16(20)9-10-21-13-7-5-12(17)6-8-13/h2-8H,9-10,18H2,1H3,(H,19,20). The van der Waals surface area contributed by atoms with Gasteiger partial charge in [0, 0.05) is 16.4 Å². The molecule has 21 heavy (non-hydrogen) atoms. The van der Waals surface area contributed by atoms with Crippen molar-refractivity contribution < 1.29 is 9.53 Å². The Balaban J connectivity index is 1.82. The second-order valence-electron chi connectivity index (χ2n) is 4.62. The molecule has 110 valence electrons. The van der Waals surface area contributed by atoms with Gasteiger partial charge in [-0.15, -0.1) is 0 Å². The predicted molar refractivity (Wildman–Crippen MR) is 85.8 cm³/mol. The van der Waals surface area contributed by atoms with Crippen LogP contribution in [0.1, 0.15) is 12.0 Å². The second kappa shape index (κ2) is 6.99. The highest BCUT2D eigenvalue weighted by Gasteiger charge is 2.06. The third-order valence-corrected chi connectivity index (χ3v) is 3.31. The number of nitrogen functional groups attached to an aromatic ring is 1. The second-order valence-corrected chi connectivity index (χ2v) is 5.06. The molecule has 0 spiro atoms. The number of halogens is 1. The van der Waals surface area contributed by atoms with Gasteiger partial charge >= 0.3 is 0 Å². The van der Waals surface area contributed by atoms with Crippen LogP contribution in [0.4, 0.5) is 11.4 Å². The molecule has 0 aliphatic rings. The highest BCUT2D eigenvalue weighted by atomic mass is 35.5. The lowest BCUT2D eigenvalue weighted by Crippen LogP contribution is -2.16. The van der Waals surface area contributed by atoms with Crippen molar-refractivity contribution in [2.75, 3.05) is 17.7 Å². The number of nitrogens with one attached hydrogen (secondary N) is 1. The summed E-state index contributed by atoms with van der Waals surface area (Å²) in [5.74, 6) is 0.574. The molecule has 1 amide bonds. The van der Waals surface area contributed by atoms with E-state index in [2.05, 4.69) is 5.32 Å². The molecule has 0 atom stereocenters. The number of rotatable bonds is 5. The first kappa shape index (κ1) is 15.2. The van der Waals surface area contributed by atoms with Gasteiger partial charge in [0.2, 0.25) is 5.91 Å². The van der Waals surface area contributed by atoms with Gasteiger partial charge in [0.1, 0.15) is 5.75 Å². The van der Waals surface area contributed by atoms with E-state index in [-0.39, 0.29) is 12.3 Å². The molecule has 0 saturated carbocycles. The lowest BCUT2D eigenvalue weighted by molar-refractivity contribution is -0.116. The Morgan fingerprint density at radius 1 is 1.24 bits per heavy atom. The van der Waals surface area contributed by atoms with Gasteiger partial charge in [0.05, 0.1) is 13.0 Å². The maximum atomic E-state index is 11.9. The Morgan fingerprint density at radius 3 is 2.67 bits per heavy atom. The summed E-state index contributed by atoms with van der Waals surface area (Å²) in [6.45, 7) is 2.17. The van der Waals surface area contributed by atoms with Crippen LogP contribution in [0.25, 0.3) is 0 Å². The first-order valence-electron chi connectivity index (χ1n) is 6.59. The lowest BCUT2D eigenvalue weighted by Gasteiger charge is -2.10. The molecule has 0 saturated heterocycles. The quantitative estimate of drug-likeness (QED) is 0.829. The van der Waals surface area contributed by atoms with Gasteiger partial charge in [-0.1, -0.05) is 17.7 Å². The number of hydrogen-bond acceptors (Lipinski definition) is 3. The SMILES string of the molecule is Cc1c(N)cccc1NC(=O)CCOc1ccc(Cl)cc1. The van der Waals surface area contributed by atoms with Crippen molar-refractivity contribution in [3.05, 3.63) is 53.1 Å². The van der Waals surface area contributed by atoms with Gasteiger partial charge < -0.3 is 15.8 Å². The van der Waals surface area contributed by atoms with Crippen LogP contribution < -0.4 is 15.8 Å². The minimum absolute atomic E-state index is 0.113. The van der Waals surface area contributed by atoms with E-state index >= 15 is 0 Å². The average Bonchev–Trinajstić information content (AvgIpc) is 2.46. The first-order valence-corrected chi connectivity index (χ1v) is 6.97. The number of benzene rings is 2. The summed E-state index contributed by atoms with van der Waals surface area (Å²) in [6.07, 6.45) is 0.261. The van der Waals surface area contributed by atoms with Crippen molar-refractivity contribution in [3.63, 3.8) is 0 Å². The Hall–Kier alpha value is -2.20. The minimum Gasteiger partial charge on any atom is -0.493 e. The molecule has 0 fully saturated rings. The molecule has 0 heterocycles. The zero-order valence-corrected chi connectivity index (χ0v) is 12.5. The van der Waals surface area contributed by atoms with E-state index in [9.17, 15) is 4.79 Å². The van der Waals surface area contributed by atoms with E-state index in [1.165, 1.54) is 0 Å². The van der Waals surface area contributed by atoms with Crippen molar-refractivity contribution >= 4 is 28.9 Å². The third kappa shape index (κ3) is 4.39. The van der Waals surface area contributed by atoms with Crippen LogP contribution in [-0.4, -0.2) is 12.5 Å². The van der Waals surface area contributed by atoms with Gasteiger partial charge in [-0.25, -0.2) is 0 Å². The topological polar surface area (TPSA) is 64.3 Å². The van der Waals surface area contributed by atoms with Crippen molar-refractivity contribution in [1.29, 1.82) is 0 Å². The van der Waals surface area contributed by atoms with E-state index in [1.807, 2.05) is 19.1 Å². The minimum atomic E-state index is -0.113. The number of amides is 1. The molecular formula is C16H17ClN2O2. The molecule has 3 N–H and O–H groups in total. The van der Waals surface area contributed by atoms with Gasteiger partial charge in [0.15, 0.2) is 0 Å². The average molecular weight is 305 g/mol. The van der Waals surface area contributed by atoms with Crippen LogP contribution >= 0.6 is 11.6 Å². The van der Waals surface area contributed by atoms with Crippen LogP contribution in [0.2, 0.25) is 5.02 Å². The Morgan fingerprint density at radius 2 is 1.95 bits per heavy atom. The molecule has 0 aliphatic carbocycles. The van der Waals surface area contributed by atoms with Crippen LogP contribution in [-0.2, 0) is 4.79 Å². The number of carbonyl (C=O) groups excluding carboxylic acids is 1. The van der Waals surface area contributed by atoms with Gasteiger partial charge in [-0.3, -0.25) is 4.79 Å². The maximum Gasteiger partial charge on any atom is 0.227 e. The van der Waals surface area contributed by atoms with Gasteiger partial charge in [-0.2, -0.15) is 0 Å². The molecule has 0 bridgehead atoms. The van der Waals surface area contributed by atoms with E-state index in [1.54, 1.807) is 30.3 Å². The van der Waals surface area contributed by atoms with Crippen LogP contribution in [0.15, 0.2) is 42.5 Å². The maximum absolute atomic E-state index is 11.9. The van der Waals surface area contributed by atoms with Crippen LogP contribution in [0.5, 0.6) is 5.75 Å². The molecular weight excluding hydrogens is 288 g/mol. The summed E-state index contributed by atoms with van der Waals surface area (Å²) in [7, 11) is 0. The fourth-order valence-electron chi connectivity index (χ4n) is 1.79. The third-order valence-electron chi connectivity index (χ3n) is 3.06. The summed E-state index contributed by atoms with van der Waals surface area (Å²) < 4.78 is 5.48. The number of ether oxygens (including phenoxy) is 1. The largest absolute Gasteiger partial charge is 0.493 e. The van der Waals surface area contributed by atoms with Gasteiger partial charge in [0.25, 0.3) is 0 Å². The van der Waals surface area contributed by atoms with E-state index in [0.29, 0.717) is 23.1 Å². The molecule has 4 nitrogen and oxygen atoms in total. The van der Waals surface area contributed by atoms with Crippen molar-refractivity contribution in [2.45, 2.75) is 13.3 Å². The normalized spacial score (nSPS) is 10.2. The molecule has 5 heteroatoms. The van der Waals surface area contributed by atoms with E-state index in [0.717, 1.165) is 11.3 Å². The van der Waals surface area contributed by atoms with Crippen molar-refractivity contribution in [1.82, 2.24) is 0 Å². The van der Waals surface area contributed by atoms with Crippen molar-refractivity contribution in [3.8, 4) is 5.75 Å². The number of carbonyl (C=O) groups is 1. The summed E-state index contributed by atoms with van der Waals surface area (Å²) in [4.78, 5) is 11.9. The molecule has 0 radical (unpaired) electrons. The number of anilines is 2. The van der Waals surface area contributed by atoms with Crippen molar-refractivity contribution in [2.24, 2.45) is 0 Å². The predicted octanol–water partition coefficient (Wildman–Crippen LogP) is 3.64. The monoisotopic (exact) mass is 304 g/mol.